The molecule has 0 radical (unpaired) electrons. The summed E-state index contributed by atoms with van der Waals surface area (Å²) in [5.74, 6) is 0.260. The van der Waals surface area contributed by atoms with E-state index in [1.54, 1.807) is 18.2 Å². The quantitative estimate of drug-likeness (QED) is 0.790. The maximum atomic E-state index is 9.63. The van der Waals surface area contributed by atoms with Gasteiger partial charge in [0.1, 0.15) is 5.75 Å². The molecule has 1 aromatic rings. The Balaban J connectivity index is 2.43. The Kier molecular flexibility index (Phi) is 4.63. The van der Waals surface area contributed by atoms with Gasteiger partial charge in [-0.25, -0.2) is 0 Å². The highest BCUT2D eigenvalue weighted by molar-refractivity contribution is 6.31. The molecule has 0 saturated carbocycles. The summed E-state index contributed by atoms with van der Waals surface area (Å²) in [4.78, 5) is 0. The summed E-state index contributed by atoms with van der Waals surface area (Å²) in [6.45, 7) is 8.17. The van der Waals surface area contributed by atoms with E-state index in [-0.39, 0.29) is 5.75 Å². The number of hydrogen-bond acceptors (Lipinski definition) is 2. The highest BCUT2D eigenvalue weighted by Gasteiger charge is 2.10. The SMILES string of the molecule is CC(C)(C)CCNCc1c(O)cccc1Cl. The molecule has 1 aromatic carbocycles. The van der Waals surface area contributed by atoms with E-state index in [0.29, 0.717) is 17.0 Å². The van der Waals surface area contributed by atoms with Crippen molar-refractivity contribution in [1.29, 1.82) is 0 Å². The van der Waals surface area contributed by atoms with Gasteiger partial charge in [0, 0.05) is 17.1 Å². The third-order valence-electron chi connectivity index (χ3n) is 2.45. The number of phenolic OH excluding ortho intramolecular Hbond substituents is 1. The second-order valence-electron chi connectivity index (χ2n) is 5.22. The molecule has 2 N–H and O–H groups in total. The number of benzene rings is 1. The average Bonchev–Trinajstić information content (AvgIpc) is 2.14. The zero-order valence-electron chi connectivity index (χ0n) is 10.2. The van der Waals surface area contributed by atoms with Gasteiger partial charge in [0.2, 0.25) is 0 Å². The van der Waals surface area contributed by atoms with Gasteiger partial charge in [-0.1, -0.05) is 38.4 Å². The second-order valence-corrected chi connectivity index (χ2v) is 5.63. The fourth-order valence-electron chi connectivity index (χ4n) is 1.40. The van der Waals surface area contributed by atoms with Gasteiger partial charge in [-0.05, 0) is 30.5 Å². The lowest BCUT2D eigenvalue weighted by molar-refractivity contribution is 0.365. The molecule has 2 nitrogen and oxygen atoms in total. The highest BCUT2D eigenvalue weighted by atomic mass is 35.5. The summed E-state index contributed by atoms with van der Waals surface area (Å²) in [6.07, 6.45) is 1.10. The highest BCUT2D eigenvalue weighted by Crippen LogP contribution is 2.25. The lowest BCUT2D eigenvalue weighted by Crippen LogP contribution is -2.20. The summed E-state index contributed by atoms with van der Waals surface area (Å²) in [5.41, 5.74) is 1.10. The summed E-state index contributed by atoms with van der Waals surface area (Å²) in [7, 11) is 0. The van der Waals surface area contributed by atoms with Crippen LogP contribution in [-0.2, 0) is 6.54 Å². The van der Waals surface area contributed by atoms with E-state index >= 15 is 0 Å². The molecule has 16 heavy (non-hydrogen) atoms. The minimum Gasteiger partial charge on any atom is -0.508 e. The molecule has 0 atom stereocenters. The first kappa shape index (κ1) is 13.3. The van der Waals surface area contributed by atoms with Gasteiger partial charge in [-0.3, -0.25) is 0 Å². The molecule has 0 aromatic heterocycles. The second kappa shape index (κ2) is 5.55. The molecule has 0 unspecified atom stereocenters. The van der Waals surface area contributed by atoms with Gasteiger partial charge in [-0.15, -0.1) is 0 Å². The van der Waals surface area contributed by atoms with E-state index in [1.807, 2.05) is 0 Å². The first-order chi connectivity index (χ1) is 7.40. The van der Waals surface area contributed by atoms with Gasteiger partial charge in [0.05, 0.1) is 0 Å². The van der Waals surface area contributed by atoms with Crippen molar-refractivity contribution in [3.8, 4) is 5.75 Å². The molecule has 0 amide bonds. The van der Waals surface area contributed by atoms with Gasteiger partial charge in [-0.2, -0.15) is 0 Å². The zero-order valence-corrected chi connectivity index (χ0v) is 10.9. The number of aromatic hydroxyl groups is 1. The van der Waals surface area contributed by atoms with Gasteiger partial charge < -0.3 is 10.4 Å². The van der Waals surface area contributed by atoms with Crippen molar-refractivity contribution < 1.29 is 5.11 Å². The van der Waals surface area contributed by atoms with Crippen molar-refractivity contribution in [3.63, 3.8) is 0 Å². The standard InChI is InChI=1S/C13H20ClNO/c1-13(2,3)7-8-15-9-10-11(14)5-4-6-12(10)16/h4-6,15-16H,7-9H2,1-3H3. The third-order valence-corrected chi connectivity index (χ3v) is 2.80. The van der Waals surface area contributed by atoms with Gasteiger partial charge in [0.25, 0.3) is 0 Å². The summed E-state index contributed by atoms with van der Waals surface area (Å²) >= 11 is 6.00. The van der Waals surface area contributed by atoms with E-state index in [9.17, 15) is 5.11 Å². The summed E-state index contributed by atoms with van der Waals surface area (Å²) in [5, 5.41) is 13.5. The lowest BCUT2D eigenvalue weighted by Gasteiger charge is -2.18. The van der Waals surface area contributed by atoms with Crippen molar-refractivity contribution in [3.05, 3.63) is 28.8 Å². The van der Waals surface area contributed by atoms with Crippen LogP contribution < -0.4 is 5.32 Å². The molecular formula is C13H20ClNO. The van der Waals surface area contributed by atoms with Crippen LogP contribution in [0.1, 0.15) is 32.8 Å². The molecule has 0 aliphatic heterocycles. The molecule has 0 fully saturated rings. The molecule has 0 aliphatic carbocycles. The number of hydrogen-bond donors (Lipinski definition) is 2. The molecule has 0 saturated heterocycles. The Hall–Kier alpha value is -0.730. The monoisotopic (exact) mass is 241 g/mol. The Morgan fingerprint density at radius 1 is 1.31 bits per heavy atom. The van der Waals surface area contributed by atoms with Crippen molar-refractivity contribution in [2.24, 2.45) is 5.41 Å². The summed E-state index contributed by atoms with van der Waals surface area (Å²) < 4.78 is 0. The molecule has 1 rings (SSSR count). The predicted molar refractivity (Wildman–Crippen MR) is 68.9 cm³/mol. The smallest absolute Gasteiger partial charge is 0.121 e. The Labute approximate surface area is 103 Å². The molecular weight excluding hydrogens is 222 g/mol. The Bertz CT molecular complexity index is 324. The van der Waals surface area contributed by atoms with Crippen LogP contribution in [0, 0.1) is 5.41 Å². The number of nitrogens with one attached hydrogen (secondary N) is 1. The number of halogens is 1. The third kappa shape index (κ3) is 4.42. The van der Waals surface area contributed by atoms with Crippen molar-refractivity contribution in [1.82, 2.24) is 5.32 Å². The first-order valence-electron chi connectivity index (χ1n) is 5.57. The molecule has 0 aliphatic rings. The van der Waals surface area contributed by atoms with Crippen LogP contribution in [0.4, 0.5) is 0 Å². The van der Waals surface area contributed by atoms with E-state index in [4.69, 9.17) is 11.6 Å². The van der Waals surface area contributed by atoms with Crippen LogP contribution >= 0.6 is 11.6 Å². The molecule has 3 heteroatoms. The zero-order chi connectivity index (χ0) is 12.2. The summed E-state index contributed by atoms with van der Waals surface area (Å²) in [6, 6.07) is 5.20. The topological polar surface area (TPSA) is 32.3 Å². The minimum atomic E-state index is 0.260. The van der Waals surface area contributed by atoms with Gasteiger partial charge in [0.15, 0.2) is 0 Å². The fraction of sp³-hybridized carbons (Fsp3) is 0.538. The van der Waals surface area contributed by atoms with Crippen LogP contribution in [0.5, 0.6) is 5.75 Å². The van der Waals surface area contributed by atoms with E-state index in [2.05, 4.69) is 26.1 Å². The number of phenols is 1. The normalized spacial score (nSPS) is 11.8. The lowest BCUT2D eigenvalue weighted by atomic mass is 9.92. The van der Waals surface area contributed by atoms with E-state index < -0.39 is 0 Å². The van der Waals surface area contributed by atoms with Crippen LogP contribution in [0.2, 0.25) is 5.02 Å². The van der Waals surface area contributed by atoms with Crippen LogP contribution in [-0.4, -0.2) is 11.7 Å². The maximum Gasteiger partial charge on any atom is 0.121 e. The average molecular weight is 242 g/mol. The fourth-order valence-corrected chi connectivity index (χ4v) is 1.64. The van der Waals surface area contributed by atoms with Crippen LogP contribution in [0.25, 0.3) is 0 Å². The van der Waals surface area contributed by atoms with Crippen LogP contribution in [0.15, 0.2) is 18.2 Å². The van der Waals surface area contributed by atoms with Crippen molar-refractivity contribution >= 4 is 11.6 Å². The molecule has 0 bridgehead atoms. The minimum absolute atomic E-state index is 0.260. The Morgan fingerprint density at radius 3 is 2.56 bits per heavy atom. The number of rotatable bonds is 4. The maximum absolute atomic E-state index is 9.63. The molecule has 0 spiro atoms. The van der Waals surface area contributed by atoms with Gasteiger partial charge >= 0.3 is 0 Å². The molecule has 90 valence electrons. The van der Waals surface area contributed by atoms with Crippen LogP contribution in [0.3, 0.4) is 0 Å². The van der Waals surface area contributed by atoms with E-state index in [0.717, 1.165) is 18.5 Å². The first-order valence-corrected chi connectivity index (χ1v) is 5.95. The predicted octanol–water partition coefficient (Wildman–Crippen LogP) is 3.57. The van der Waals surface area contributed by atoms with Crippen molar-refractivity contribution in [2.45, 2.75) is 33.7 Å². The Morgan fingerprint density at radius 2 is 2.00 bits per heavy atom. The van der Waals surface area contributed by atoms with Crippen molar-refractivity contribution in [2.75, 3.05) is 6.54 Å². The molecule has 0 heterocycles. The largest absolute Gasteiger partial charge is 0.508 e. The van der Waals surface area contributed by atoms with E-state index in [1.165, 1.54) is 0 Å².